The summed E-state index contributed by atoms with van der Waals surface area (Å²) >= 11 is 0. The van der Waals surface area contributed by atoms with Crippen LogP contribution in [-0.4, -0.2) is 99.3 Å². The van der Waals surface area contributed by atoms with Crippen LogP contribution in [-0.2, 0) is 0 Å². The molecule has 0 atom stereocenters. The van der Waals surface area contributed by atoms with Crippen molar-refractivity contribution in [2.45, 2.75) is 124 Å². The van der Waals surface area contributed by atoms with E-state index >= 15 is 0 Å². The van der Waals surface area contributed by atoms with Gasteiger partial charge in [0.25, 0.3) is 11.8 Å². The topological polar surface area (TPSA) is 183 Å². The molecule has 6 fully saturated rings. The Morgan fingerprint density at radius 3 is 1.82 bits per heavy atom. The van der Waals surface area contributed by atoms with E-state index in [4.69, 9.17) is 18.6 Å². The number of piperidine rings is 2. The van der Waals surface area contributed by atoms with Gasteiger partial charge in [0.2, 0.25) is 5.88 Å². The number of hydrogen-bond donors (Lipinski definition) is 2. The van der Waals surface area contributed by atoms with Crippen molar-refractivity contribution in [1.82, 2.24) is 41.0 Å². The minimum Gasteiger partial charge on any atom is -0.490 e. The fourth-order valence-corrected chi connectivity index (χ4v) is 9.88. The molecule has 16 nitrogen and oxygen atoms in total. The van der Waals surface area contributed by atoms with E-state index in [-0.39, 0.29) is 32.4 Å². The molecule has 65 heavy (non-hydrogen) atoms. The van der Waals surface area contributed by atoms with Gasteiger partial charge in [0.1, 0.15) is 29.2 Å². The lowest BCUT2D eigenvalue weighted by molar-refractivity contribution is -0.0367. The molecule has 5 aromatic rings. The number of oxazole rings is 1. The normalized spacial score (nSPS) is 23.6. The Kier molecular flexibility index (Phi) is 13.7. The number of aromatic nitrogens is 6. The number of carbonyl (C=O) groups excluding carboxylic acids is 2. The van der Waals surface area contributed by atoms with Crippen LogP contribution in [0.2, 0.25) is 0 Å². The van der Waals surface area contributed by atoms with Gasteiger partial charge >= 0.3 is 0 Å². The highest BCUT2D eigenvalue weighted by Gasteiger charge is 2.53. The summed E-state index contributed by atoms with van der Waals surface area (Å²) in [5, 5.41) is 23.5. The summed E-state index contributed by atoms with van der Waals surface area (Å²) < 4.78 is 22.9. The molecule has 2 bridgehead atoms. The van der Waals surface area contributed by atoms with Crippen molar-refractivity contribution in [2.24, 2.45) is 17.8 Å². The van der Waals surface area contributed by atoms with E-state index < -0.39 is 0 Å². The minimum absolute atomic E-state index is 0. The van der Waals surface area contributed by atoms with Gasteiger partial charge in [-0.2, -0.15) is 0 Å². The number of rotatable bonds is 11. The van der Waals surface area contributed by atoms with E-state index in [9.17, 15) is 9.59 Å². The van der Waals surface area contributed by atoms with E-state index in [2.05, 4.69) is 64.6 Å². The van der Waals surface area contributed by atoms with Crippen molar-refractivity contribution in [3.8, 4) is 17.4 Å². The molecule has 4 aliphatic carbocycles. The molecule has 11 rings (SSSR count). The highest BCUT2D eigenvalue weighted by molar-refractivity contribution is 5.93. The Hall–Kier alpha value is -6.06. The van der Waals surface area contributed by atoms with Crippen molar-refractivity contribution in [3.05, 3.63) is 77.1 Å². The van der Waals surface area contributed by atoms with Crippen molar-refractivity contribution >= 4 is 34.5 Å². The lowest BCUT2D eigenvalue weighted by atomic mass is 9.52. The zero-order chi connectivity index (χ0) is 45.8. The van der Waals surface area contributed by atoms with E-state index in [0.29, 0.717) is 47.0 Å². The molecule has 4 saturated carbocycles. The molecule has 6 heterocycles. The van der Waals surface area contributed by atoms with Crippen LogP contribution in [0.4, 0.5) is 11.6 Å². The summed E-state index contributed by atoms with van der Waals surface area (Å²) in [6.07, 6.45) is 10.1. The van der Waals surface area contributed by atoms with Crippen LogP contribution in [0.3, 0.4) is 0 Å². The zero-order valence-corrected chi connectivity index (χ0v) is 39.1. The molecule has 2 aliphatic heterocycles. The molecule has 0 radical (unpaired) electrons. The van der Waals surface area contributed by atoms with Gasteiger partial charge in [-0.05, 0) is 106 Å². The molecule has 350 valence electrons. The third kappa shape index (κ3) is 10.4. The minimum atomic E-state index is -0.142. The second-order valence-corrected chi connectivity index (χ2v) is 18.5. The van der Waals surface area contributed by atoms with Gasteiger partial charge in [0.15, 0.2) is 34.5 Å². The van der Waals surface area contributed by atoms with E-state index in [1.807, 2.05) is 71.0 Å². The SMILES string of the molecule is CC.COc1ccc(OC2CCN(c3nnc(C(=O)NC4(C)CC(C)C4)cc3C)CC2)cn1.Cc1nc2ccc(OC3CCN(c4nnc(C(=O)NC5C6CC5C6)cc4C)CC3)cc2o1.[HH].[HH]. The number of ether oxygens (including phenoxy) is 3. The summed E-state index contributed by atoms with van der Waals surface area (Å²) in [4.78, 5) is 38.1. The van der Waals surface area contributed by atoms with Crippen LogP contribution in [0.1, 0.15) is 120 Å². The smallest absolute Gasteiger partial charge is 0.272 e. The summed E-state index contributed by atoms with van der Waals surface area (Å²) in [5.41, 5.74) is 4.22. The number of nitrogens with one attached hydrogen (secondary N) is 2. The molecule has 6 aliphatic rings. The number of aryl methyl sites for hydroxylation is 3. The standard InChI is InChI=1S/C24H27N5O3.C23H31N5O3.C2H6.2H2/c1-13-9-20(24(30)26-22-15-10-16(22)11-15)27-28-23(13)29-7-5-17(6-8-29)32-18-3-4-19-21(12-18)31-14(2)25-19;1-15-12-23(3,13-15)25-22(29)19-11-16(2)21(27-26-19)28-9-7-17(8-10-28)31-18-5-6-20(30-4)24-14-18;1-2;;/h3-4,9,12,15-17,22H,5-8,10-11H2,1-2H3,(H,26,30);5-6,11,14-15,17H,7-10,12-13H2,1-4H3,(H,25,29);1-2H3;2*1H. The highest BCUT2D eigenvalue weighted by atomic mass is 16.5. The van der Waals surface area contributed by atoms with Gasteiger partial charge < -0.3 is 39.1 Å². The first kappa shape index (κ1) is 45.5. The van der Waals surface area contributed by atoms with Gasteiger partial charge in [0.05, 0.1) is 13.3 Å². The van der Waals surface area contributed by atoms with Gasteiger partial charge in [-0.3, -0.25) is 9.59 Å². The van der Waals surface area contributed by atoms with Crippen molar-refractivity contribution in [1.29, 1.82) is 0 Å². The summed E-state index contributed by atoms with van der Waals surface area (Å²) in [5.74, 6) is 6.26. The Balaban J connectivity index is 0.000000207. The largest absolute Gasteiger partial charge is 0.490 e. The molecule has 0 spiro atoms. The number of benzene rings is 1. The van der Waals surface area contributed by atoms with E-state index in [1.165, 1.54) is 12.8 Å². The zero-order valence-electron chi connectivity index (χ0n) is 39.1. The van der Waals surface area contributed by atoms with Gasteiger partial charge in [-0.1, -0.05) is 20.8 Å². The van der Waals surface area contributed by atoms with Gasteiger partial charge in [-0.15, -0.1) is 20.4 Å². The lowest BCUT2D eigenvalue weighted by Crippen LogP contribution is -2.63. The Morgan fingerprint density at radius 2 is 1.32 bits per heavy atom. The predicted molar refractivity (Wildman–Crippen MR) is 252 cm³/mol. The predicted octanol–water partition coefficient (Wildman–Crippen LogP) is 8.09. The quantitative estimate of drug-likeness (QED) is 0.130. The molecule has 2 N–H and O–H groups in total. The van der Waals surface area contributed by atoms with Gasteiger partial charge in [0, 0.05) is 85.4 Å². The summed E-state index contributed by atoms with van der Waals surface area (Å²) in [6, 6.07) is 13.5. The van der Waals surface area contributed by atoms with Crippen LogP contribution in [0.25, 0.3) is 11.1 Å². The van der Waals surface area contributed by atoms with Crippen LogP contribution in [0, 0.1) is 38.5 Å². The lowest BCUT2D eigenvalue weighted by Gasteiger charge is -2.58. The van der Waals surface area contributed by atoms with E-state index in [1.54, 1.807) is 19.4 Å². The number of hydrogen-bond acceptors (Lipinski definition) is 14. The molecule has 16 heteroatoms. The van der Waals surface area contributed by atoms with Crippen LogP contribution >= 0.6 is 0 Å². The maximum atomic E-state index is 12.6. The Bertz CT molecular complexity index is 2440. The Labute approximate surface area is 384 Å². The molecule has 0 unspecified atom stereocenters. The van der Waals surface area contributed by atoms with Crippen LogP contribution in [0.15, 0.2) is 53.1 Å². The molecule has 1 aromatic carbocycles. The fraction of sp³-hybridized carbons (Fsp3) is 0.551. The number of carbonyl (C=O) groups is 2. The molecule has 2 saturated heterocycles. The van der Waals surface area contributed by atoms with Crippen molar-refractivity contribution in [2.75, 3.05) is 43.1 Å². The maximum Gasteiger partial charge on any atom is 0.272 e. The van der Waals surface area contributed by atoms with Crippen LogP contribution < -0.4 is 34.6 Å². The number of anilines is 2. The fourth-order valence-electron chi connectivity index (χ4n) is 9.88. The van der Waals surface area contributed by atoms with E-state index in [0.717, 1.165) is 110 Å². The monoisotopic (exact) mass is 893 g/mol. The average molecular weight is 893 g/mol. The molecular weight excluding hydrogens is 825 g/mol. The van der Waals surface area contributed by atoms with Gasteiger partial charge in [-0.25, -0.2) is 9.97 Å². The molecular formula is C49H68N10O6. The second-order valence-electron chi connectivity index (χ2n) is 18.5. The number of nitrogens with zero attached hydrogens (tertiary/aromatic N) is 8. The number of amides is 2. The number of methoxy groups -OCH3 is 1. The average Bonchev–Trinajstić information content (AvgIpc) is 3.65. The first-order chi connectivity index (χ1) is 31.4. The van der Waals surface area contributed by atoms with Crippen molar-refractivity contribution < 1.29 is 31.1 Å². The Morgan fingerprint density at radius 1 is 0.769 bits per heavy atom. The summed E-state index contributed by atoms with van der Waals surface area (Å²) in [6.45, 7) is 17.4. The number of fused-ring (bicyclic) bond motifs is 1. The highest BCUT2D eigenvalue weighted by Crippen LogP contribution is 2.53. The first-order valence-electron chi connectivity index (χ1n) is 23.4. The third-order valence-electron chi connectivity index (χ3n) is 13.4. The number of pyridine rings is 1. The van der Waals surface area contributed by atoms with Crippen molar-refractivity contribution in [3.63, 3.8) is 0 Å². The second kappa shape index (κ2) is 19.6. The first-order valence-corrected chi connectivity index (χ1v) is 23.4. The summed E-state index contributed by atoms with van der Waals surface area (Å²) in [7, 11) is 1.59. The maximum absolute atomic E-state index is 12.6. The molecule has 4 aromatic heterocycles. The third-order valence-corrected chi connectivity index (χ3v) is 13.4. The molecule has 2 amide bonds. The van der Waals surface area contributed by atoms with Crippen LogP contribution in [0.5, 0.6) is 17.4 Å².